The summed E-state index contributed by atoms with van der Waals surface area (Å²) in [5.74, 6) is 0.557. The van der Waals surface area contributed by atoms with E-state index in [1.165, 1.54) is 23.7 Å². The van der Waals surface area contributed by atoms with E-state index in [0.29, 0.717) is 5.41 Å². The predicted molar refractivity (Wildman–Crippen MR) is 92.2 cm³/mol. The van der Waals surface area contributed by atoms with Crippen LogP contribution in [0.2, 0.25) is 0 Å². The summed E-state index contributed by atoms with van der Waals surface area (Å²) < 4.78 is 2.27. The summed E-state index contributed by atoms with van der Waals surface area (Å²) in [6.45, 7) is 3.87. The molecule has 2 aromatic rings. The molecule has 2 aliphatic rings. The van der Waals surface area contributed by atoms with Crippen molar-refractivity contribution in [1.29, 1.82) is 0 Å². The van der Waals surface area contributed by atoms with Crippen molar-refractivity contribution in [1.82, 2.24) is 15.2 Å². The highest BCUT2D eigenvalue weighted by Gasteiger charge is 2.57. The lowest BCUT2D eigenvalue weighted by molar-refractivity contribution is -0.123. The third-order valence-corrected chi connectivity index (χ3v) is 5.66. The largest absolute Gasteiger partial charge is 0.356 e. The van der Waals surface area contributed by atoms with Crippen molar-refractivity contribution in [3.8, 4) is 0 Å². The number of nitrogens with zero attached hydrogens (tertiary/aromatic N) is 1. The molecule has 1 aliphatic carbocycles. The molecule has 122 valence electrons. The number of aromatic nitrogens is 1. The molecular formula is C19H25N3O. The van der Waals surface area contributed by atoms with Gasteiger partial charge in [0.05, 0.1) is 0 Å². The lowest BCUT2D eigenvalue weighted by atomic mass is 9.92. The van der Waals surface area contributed by atoms with Crippen LogP contribution in [0.15, 0.2) is 36.5 Å². The Morgan fingerprint density at radius 3 is 2.96 bits per heavy atom. The minimum absolute atomic E-state index is 0.275. The van der Waals surface area contributed by atoms with Crippen LogP contribution in [0.5, 0.6) is 0 Å². The van der Waals surface area contributed by atoms with Gasteiger partial charge in [0.25, 0.3) is 0 Å². The normalized spacial score (nSPS) is 22.3. The van der Waals surface area contributed by atoms with Gasteiger partial charge in [-0.1, -0.05) is 18.2 Å². The van der Waals surface area contributed by atoms with E-state index in [1.807, 2.05) is 0 Å². The molecule has 23 heavy (non-hydrogen) atoms. The van der Waals surface area contributed by atoms with Gasteiger partial charge in [-0.05, 0) is 61.7 Å². The van der Waals surface area contributed by atoms with Crippen LogP contribution in [0.4, 0.5) is 0 Å². The van der Waals surface area contributed by atoms with Crippen molar-refractivity contribution < 1.29 is 4.79 Å². The Morgan fingerprint density at radius 2 is 2.09 bits per heavy atom. The maximum atomic E-state index is 12.3. The predicted octanol–water partition coefficient (Wildman–Crippen LogP) is 2.54. The summed E-state index contributed by atoms with van der Waals surface area (Å²) in [5, 5.41) is 7.82. The fourth-order valence-corrected chi connectivity index (χ4v) is 4.12. The van der Waals surface area contributed by atoms with Crippen LogP contribution < -0.4 is 10.6 Å². The number of piperidine rings is 1. The summed E-state index contributed by atoms with van der Waals surface area (Å²) in [4.78, 5) is 12.3. The van der Waals surface area contributed by atoms with Gasteiger partial charge in [0.15, 0.2) is 0 Å². The second-order valence-electron chi connectivity index (χ2n) is 7.08. The quantitative estimate of drug-likeness (QED) is 0.834. The van der Waals surface area contributed by atoms with Crippen molar-refractivity contribution in [2.24, 2.45) is 11.3 Å². The van der Waals surface area contributed by atoms with E-state index in [1.54, 1.807) is 0 Å². The molecule has 0 radical (unpaired) electrons. The maximum absolute atomic E-state index is 12.3. The van der Waals surface area contributed by atoms with Gasteiger partial charge >= 0.3 is 0 Å². The van der Waals surface area contributed by atoms with E-state index in [4.69, 9.17) is 0 Å². The molecular weight excluding hydrogens is 286 g/mol. The minimum atomic E-state index is 0.275. The smallest absolute Gasteiger partial charge is 0.223 e. The van der Waals surface area contributed by atoms with Gasteiger partial charge in [-0.2, -0.15) is 0 Å². The van der Waals surface area contributed by atoms with Crippen LogP contribution in [-0.4, -0.2) is 30.1 Å². The van der Waals surface area contributed by atoms with E-state index in [-0.39, 0.29) is 11.8 Å². The van der Waals surface area contributed by atoms with Gasteiger partial charge in [-0.15, -0.1) is 0 Å². The summed E-state index contributed by atoms with van der Waals surface area (Å²) in [7, 11) is 0. The molecule has 4 nitrogen and oxygen atoms in total. The van der Waals surface area contributed by atoms with Gasteiger partial charge < -0.3 is 15.2 Å². The van der Waals surface area contributed by atoms with Crippen molar-refractivity contribution in [2.45, 2.75) is 32.2 Å². The molecule has 1 atom stereocenters. The van der Waals surface area contributed by atoms with E-state index < -0.39 is 0 Å². The van der Waals surface area contributed by atoms with Crippen LogP contribution in [0.1, 0.15) is 25.7 Å². The van der Waals surface area contributed by atoms with E-state index in [9.17, 15) is 4.79 Å². The SMILES string of the molecule is O=C(NCCCn1ccc2ccccc21)C1CC12CCNCC2. The lowest BCUT2D eigenvalue weighted by Crippen LogP contribution is -2.34. The zero-order chi connectivity index (χ0) is 15.7. The zero-order valence-corrected chi connectivity index (χ0v) is 13.6. The Hall–Kier alpha value is -1.81. The van der Waals surface area contributed by atoms with Gasteiger partial charge in [0.1, 0.15) is 0 Å². The van der Waals surface area contributed by atoms with Crippen LogP contribution in [0, 0.1) is 11.3 Å². The molecule has 1 amide bonds. The third kappa shape index (κ3) is 2.88. The Balaban J connectivity index is 1.24. The molecule has 2 N–H and O–H groups in total. The van der Waals surface area contributed by atoms with Gasteiger partial charge in [0, 0.05) is 30.7 Å². The van der Waals surface area contributed by atoms with Crippen molar-refractivity contribution in [2.75, 3.05) is 19.6 Å². The van der Waals surface area contributed by atoms with Gasteiger partial charge in [-0.3, -0.25) is 4.79 Å². The molecule has 2 fully saturated rings. The number of carbonyl (C=O) groups is 1. The molecule has 2 heterocycles. The summed E-state index contributed by atoms with van der Waals surface area (Å²) >= 11 is 0. The molecule has 4 heteroatoms. The number of hydrogen-bond acceptors (Lipinski definition) is 2. The highest BCUT2D eigenvalue weighted by atomic mass is 16.2. The first kappa shape index (κ1) is 14.8. The van der Waals surface area contributed by atoms with Crippen LogP contribution in [0.25, 0.3) is 10.9 Å². The third-order valence-electron chi connectivity index (χ3n) is 5.66. The topological polar surface area (TPSA) is 46.1 Å². The molecule has 1 aromatic heterocycles. The minimum Gasteiger partial charge on any atom is -0.356 e. The standard InChI is InChI=1S/C19H25N3O/c23-18(16-14-19(16)7-10-20-11-8-19)21-9-3-12-22-13-6-15-4-1-2-5-17(15)22/h1-2,4-6,13,16,20H,3,7-12,14H2,(H,21,23). The Morgan fingerprint density at radius 1 is 1.26 bits per heavy atom. The summed E-state index contributed by atoms with van der Waals surface area (Å²) in [6.07, 6.45) is 6.55. The molecule has 1 aliphatic heterocycles. The van der Waals surface area contributed by atoms with Crippen LogP contribution in [0.3, 0.4) is 0 Å². The van der Waals surface area contributed by atoms with E-state index >= 15 is 0 Å². The lowest BCUT2D eigenvalue weighted by Gasteiger charge is -2.23. The Bertz CT molecular complexity index is 699. The maximum Gasteiger partial charge on any atom is 0.223 e. The number of hydrogen-bond donors (Lipinski definition) is 2. The summed E-state index contributed by atoms with van der Waals surface area (Å²) in [6, 6.07) is 10.6. The number of benzene rings is 1. The Kier molecular flexibility index (Phi) is 3.85. The first-order valence-electron chi connectivity index (χ1n) is 8.81. The van der Waals surface area contributed by atoms with Crippen molar-refractivity contribution in [3.63, 3.8) is 0 Å². The second kappa shape index (κ2) is 6.00. The molecule has 1 saturated heterocycles. The number of rotatable bonds is 5. The highest BCUT2D eigenvalue weighted by Crippen LogP contribution is 2.58. The molecule has 4 rings (SSSR count). The molecule has 1 unspecified atom stereocenters. The monoisotopic (exact) mass is 311 g/mol. The van der Waals surface area contributed by atoms with E-state index in [2.05, 4.69) is 51.7 Å². The molecule has 1 aromatic carbocycles. The average molecular weight is 311 g/mol. The Labute approximate surface area is 137 Å². The van der Waals surface area contributed by atoms with Crippen molar-refractivity contribution >= 4 is 16.8 Å². The van der Waals surface area contributed by atoms with Crippen molar-refractivity contribution in [3.05, 3.63) is 36.5 Å². The summed E-state index contributed by atoms with van der Waals surface area (Å²) in [5.41, 5.74) is 1.61. The number of nitrogens with one attached hydrogen (secondary N) is 2. The molecule has 1 saturated carbocycles. The van der Waals surface area contributed by atoms with Gasteiger partial charge in [-0.25, -0.2) is 0 Å². The number of fused-ring (bicyclic) bond motifs is 1. The molecule has 1 spiro atoms. The molecule has 0 bridgehead atoms. The number of para-hydroxylation sites is 1. The number of amides is 1. The van der Waals surface area contributed by atoms with Gasteiger partial charge in [0.2, 0.25) is 5.91 Å². The first-order chi connectivity index (χ1) is 11.3. The zero-order valence-electron chi connectivity index (χ0n) is 13.6. The first-order valence-corrected chi connectivity index (χ1v) is 8.81. The fourth-order valence-electron chi connectivity index (χ4n) is 4.12. The number of carbonyl (C=O) groups excluding carboxylic acids is 1. The average Bonchev–Trinajstić information content (AvgIpc) is 3.12. The van der Waals surface area contributed by atoms with Crippen LogP contribution in [-0.2, 0) is 11.3 Å². The highest BCUT2D eigenvalue weighted by molar-refractivity contribution is 5.82. The second-order valence-corrected chi connectivity index (χ2v) is 7.08. The van der Waals surface area contributed by atoms with E-state index in [0.717, 1.165) is 39.0 Å². The number of aryl methyl sites for hydroxylation is 1. The van der Waals surface area contributed by atoms with Crippen LogP contribution >= 0.6 is 0 Å². The fraction of sp³-hybridized carbons (Fsp3) is 0.526.